The normalized spacial score (nSPS) is 14.6. The number of carbonyl (C=O) groups is 1. The molecule has 0 amide bonds. The predicted octanol–water partition coefficient (Wildman–Crippen LogP) is 4.29. The van der Waals surface area contributed by atoms with Gasteiger partial charge in [-0.2, -0.15) is 0 Å². The van der Waals surface area contributed by atoms with Crippen LogP contribution in [-0.2, 0) is 0 Å². The molecule has 1 aliphatic rings. The minimum Gasteiger partial charge on any atom is -0.477 e. The summed E-state index contributed by atoms with van der Waals surface area (Å²) >= 11 is 4.43. The van der Waals surface area contributed by atoms with Crippen LogP contribution in [-0.4, -0.2) is 16.1 Å². The second-order valence-corrected chi connectivity index (χ2v) is 6.29. The number of nitrogens with zero attached hydrogens (tertiary/aromatic N) is 1. The fourth-order valence-corrected chi connectivity index (χ4v) is 3.60. The first-order valence-electron chi connectivity index (χ1n) is 5.75. The van der Waals surface area contributed by atoms with E-state index in [1.807, 2.05) is 0 Å². The molecule has 1 N–H and O–H groups in total. The molecular formula is C13H9BrFNO2S. The lowest BCUT2D eigenvalue weighted by Gasteiger charge is -1.99. The van der Waals surface area contributed by atoms with E-state index in [1.54, 1.807) is 6.07 Å². The zero-order valence-corrected chi connectivity index (χ0v) is 12.1. The molecule has 1 aromatic heterocycles. The van der Waals surface area contributed by atoms with Gasteiger partial charge in [0.05, 0.1) is 5.69 Å². The summed E-state index contributed by atoms with van der Waals surface area (Å²) in [5.74, 6) is -1.01. The lowest BCUT2D eigenvalue weighted by atomic mass is 10.2. The topological polar surface area (TPSA) is 50.2 Å². The molecule has 0 saturated heterocycles. The molecule has 1 saturated carbocycles. The summed E-state index contributed by atoms with van der Waals surface area (Å²) in [6.07, 6.45) is 1.99. The number of rotatable bonds is 3. The van der Waals surface area contributed by atoms with Crippen LogP contribution < -0.4 is 0 Å². The van der Waals surface area contributed by atoms with Gasteiger partial charge in [0.15, 0.2) is 0 Å². The molecule has 1 aromatic carbocycles. The summed E-state index contributed by atoms with van der Waals surface area (Å²) in [5, 5.41) is 9.83. The van der Waals surface area contributed by atoms with Crippen LogP contribution >= 0.6 is 27.3 Å². The van der Waals surface area contributed by atoms with E-state index in [0.29, 0.717) is 20.1 Å². The number of benzene rings is 1. The van der Waals surface area contributed by atoms with Crippen molar-refractivity contribution in [2.24, 2.45) is 0 Å². The number of hydrogen-bond donors (Lipinski definition) is 1. The Labute approximate surface area is 121 Å². The van der Waals surface area contributed by atoms with Crippen molar-refractivity contribution in [1.82, 2.24) is 4.98 Å². The summed E-state index contributed by atoms with van der Waals surface area (Å²) in [4.78, 5) is 16.0. The Bertz CT molecular complexity index is 667. The molecule has 19 heavy (non-hydrogen) atoms. The smallest absolute Gasteiger partial charge is 0.347 e. The Hall–Kier alpha value is -1.27. The summed E-state index contributed by atoms with van der Waals surface area (Å²) in [6.45, 7) is 0. The molecule has 1 aliphatic carbocycles. The fourth-order valence-electron chi connectivity index (χ4n) is 1.90. The van der Waals surface area contributed by atoms with Crippen LogP contribution in [0.4, 0.5) is 4.39 Å². The minimum absolute atomic E-state index is 0.273. The van der Waals surface area contributed by atoms with Gasteiger partial charge < -0.3 is 5.11 Å². The SMILES string of the molecule is O=C(O)c1sc(-c2ccc(F)cc2Br)nc1C1CC1. The van der Waals surface area contributed by atoms with Gasteiger partial charge in [-0.3, -0.25) is 0 Å². The maximum atomic E-state index is 13.1. The zero-order valence-electron chi connectivity index (χ0n) is 9.69. The van der Waals surface area contributed by atoms with Gasteiger partial charge in [-0.05, 0) is 47.0 Å². The third-order valence-corrected chi connectivity index (χ3v) is 4.72. The van der Waals surface area contributed by atoms with E-state index in [-0.39, 0.29) is 11.7 Å². The monoisotopic (exact) mass is 341 g/mol. The number of halogens is 2. The Morgan fingerprint density at radius 3 is 2.79 bits per heavy atom. The number of hydrogen-bond acceptors (Lipinski definition) is 3. The molecule has 6 heteroatoms. The van der Waals surface area contributed by atoms with Crippen molar-refractivity contribution in [2.45, 2.75) is 18.8 Å². The quantitative estimate of drug-likeness (QED) is 0.905. The van der Waals surface area contributed by atoms with Gasteiger partial charge in [0.25, 0.3) is 0 Å². The molecule has 0 atom stereocenters. The average Bonchev–Trinajstić information content (AvgIpc) is 3.09. The second kappa shape index (κ2) is 4.68. The van der Waals surface area contributed by atoms with Crippen molar-refractivity contribution in [3.63, 3.8) is 0 Å². The molecule has 0 unspecified atom stereocenters. The van der Waals surface area contributed by atoms with Crippen molar-refractivity contribution in [2.75, 3.05) is 0 Å². The molecule has 2 aromatic rings. The number of thiazole rings is 1. The van der Waals surface area contributed by atoms with Gasteiger partial charge in [-0.15, -0.1) is 11.3 Å². The Balaban J connectivity index is 2.10. The van der Waals surface area contributed by atoms with Crippen molar-refractivity contribution in [3.8, 4) is 10.6 Å². The van der Waals surface area contributed by atoms with Gasteiger partial charge in [-0.25, -0.2) is 14.2 Å². The summed E-state index contributed by atoms with van der Waals surface area (Å²) in [6, 6.07) is 4.31. The highest BCUT2D eigenvalue weighted by molar-refractivity contribution is 9.10. The minimum atomic E-state index is -0.941. The van der Waals surface area contributed by atoms with Gasteiger partial charge in [-0.1, -0.05) is 0 Å². The highest BCUT2D eigenvalue weighted by Gasteiger charge is 2.32. The van der Waals surface area contributed by atoms with Crippen LogP contribution in [0, 0.1) is 5.82 Å². The molecule has 0 spiro atoms. The lowest BCUT2D eigenvalue weighted by Crippen LogP contribution is -1.97. The van der Waals surface area contributed by atoms with E-state index in [2.05, 4.69) is 20.9 Å². The molecule has 98 valence electrons. The van der Waals surface area contributed by atoms with Crippen molar-refractivity contribution in [3.05, 3.63) is 39.1 Å². The maximum Gasteiger partial charge on any atom is 0.347 e. The van der Waals surface area contributed by atoms with Crippen molar-refractivity contribution in [1.29, 1.82) is 0 Å². The number of aromatic nitrogens is 1. The van der Waals surface area contributed by atoms with E-state index < -0.39 is 5.97 Å². The average molecular weight is 342 g/mol. The van der Waals surface area contributed by atoms with Crippen molar-refractivity contribution >= 4 is 33.2 Å². The first-order chi connectivity index (χ1) is 9.06. The maximum absolute atomic E-state index is 13.1. The highest BCUT2D eigenvalue weighted by atomic mass is 79.9. The van der Waals surface area contributed by atoms with E-state index in [4.69, 9.17) is 0 Å². The van der Waals surface area contributed by atoms with E-state index in [1.165, 1.54) is 12.1 Å². The first-order valence-corrected chi connectivity index (χ1v) is 7.36. The third-order valence-electron chi connectivity index (χ3n) is 2.97. The molecule has 1 fully saturated rings. The van der Waals surface area contributed by atoms with Gasteiger partial charge in [0, 0.05) is 16.0 Å². The van der Waals surface area contributed by atoms with Crippen LogP contribution in [0.25, 0.3) is 10.6 Å². The molecular weight excluding hydrogens is 333 g/mol. The molecule has 0 radical (unpaired) electrons. The van der Waals surface area contributed by atoms with Crippen LogP contribution in [0.2, 0.25) is 0 Å². The molecule has 3 nitrogen and oxygen atoms in total. The molecule has 0 aliphatic heterocycles. The third kappa shape index (κ3) is 2.42. The zero-order chi connectivity index (χ0) is 13.6. The van der Waals surface area contributed by atoms with Gasteiger partial charge >= 0.3 is 5.97 Å². The van der Waals surface area contributed by atoms with E-state index >= 15 is 0 Å². The predicted molar refractivity (Wildman–Crippen MR) is 74.1 cm³/mol. The van der Waals surface area contributed by atoms with E-state index in [9.17, 15) is 14.3 Å². The molecule has 3 rings (SSSR count). The number of carboxylic acids is 1. The Morgan fingerprint density at radius 2 is 2.21 bits per heavy atom. The summed E-state index contributed by atoms with van der Waals surface area (Å²) < 4.78 is 13.7. The van der Waals surface area contributed by atoms with Gasteiger partial charge in [0.1, 0.15) is 15.7 Å². The van der Waals surface area contributed by atoms with Crippen LogP contribution in [0.5, 0.6) is 0 Å². The standard InChI is InChI=1S/C13H9BrFNO2S/c14-9-5-7(15)3-4-8(9)12-16-10(6-1-2-6)11(19-12)13(17)18/h3-6H,1-2H2,(H,17,18). The summed E-state index contributed by atoms with van der Waals surface area (Å²) in [7, 11) is 0. The Morgan fingerprint density at radius 1 is 1.47 bits per heavy atom. The van der Waals surface area contributed by atoms with Crippen LogP contribution in [0.3, 0.4) is 0 Å². The van der Waals surface area contributed by atoms with E-state index in [0.717, 1.165) is 29.7 Å². The van der Waals surface area contributed by atoms with Crippen molar-refractivity contribution < 1.29 is 14.3 Å². The van der Waals surface area contributed by atoms with Crippen LogP contribution in [0.1, 0.15) is 34.1 Å². The number of carboxylic acid groups (broad SMARTS) is 1. The first kappa shape index (κ1) is 12.7. The van der Waals surface area contributed by atoms with Gasteiger partial charge in [0.2, 0.25) is 0 Å². The summed E-state index contributed by atoms with van der Waals surface area (Å²) in [5.41, 5.74) is 1.39. The second-order valence-electron chi connectivity index (χ2n) is 4.44. The highest BCUT2D eigenvalue weighted by Crippen LogP contribution is 2.44. The molecule has 0 bridgehead atoms. The lowest BCUT2D eigenvalue weighted by molar-refractivity contribution is 0.0700. The Kier molecular flexibility index (Phi) is 3.14. The fraction of sp³-hybridized carbons (Fsp3) is 0.231. The largest absolute Gasteiger partial charge is 0.477 e. The molecule has 1 heterocycles. The van der Waals surface area contributed by atoms with Crippen LogP contribution in [0.15, 0.2) is 22.7 Å². The number of aromatic carboxylic acids is 1.